The Balaban J connectivity index is 1.86. The summed E-state index contributed by atoms with van der Waals surface area (Å²) in [4.78, 5) is 2.49. The SMILES string of the molecule is OCC1(CN2CCCCC2)CCOC1. The van der Waals surface area contributed by atoms with Crippen LogP contribution in [0.4, 0.5) is 0 Å². The number of hydrogen-bond acceptors (Lipinski definition) is 3. The number of piperidine rings is 1. The molecule has 14 heavy (non-hydrogen) atoms. The molecule has 0 aromatic carbocycles. The third-order valence-corrected chi connectivity index (χ3v) is 3.53. The normalized spacial score (nSPS) is 34.9. The van der Waals surface area contributed by atoms with Gasteiger partial charge in [-0.2, -0.15) is 0 Å². The summed E-state index contributed by atoms with van der Waals surface area (Å²) >= 11 is 0. The summed E-state index contributed by atoms with van der Waals surface area (Å²) in [5.41, 5.74) is 0.0529. The highest BCUT2D eigenvalue weighted by molar-refractivity contribution is 4.86. The van der Waals surface area contributed by atoms with E-state index in [9.17, 15) is 5.11 Å². The zero-order chi connectivity index (χ0) is 9.86. The van der Waals surface area contributed by atoms with E-state index in [0.29, 0.717) is 0 Å². The zero-order valence-corrected chi connectivity index (χ0v) is 8.87. The van der Waals surface area contributed by atoms with Gasteiger partial charge in [-0.25, -0.2) is 0 Å². The maximum atomic E-state index is 9.44. The summed E-state index contributed by atoms with van der Waals surface area (Å²) in [6, 6.07) is 0. The van der Waals surface area contributed by atoms with Crippen molar-refractivity contribution in [3.05, 3.63) is 0 Å². The van der Waals surface area contributed by atoms with Crippen LogP contribution in [0, 0.1) is 5.41 Å². The summed E-state index contributed by atoms with van der Waals surface area (Å²) < 4.78 is 5.41. The second kappa shape index (κ2) is 4.60. The predicted octanol–water partition coefficient (Wildman–Crippen LogP) is 0.871. The monoisotopic (exact) mass is 199 g/mol. The average molecular weight is 199 g/mol. The van der Waals surface area contributed by atoms with E-state index in [1.807, 2.05) is 0 Å². The highest BCUT2D eigenvalue weighted by Gasteiger charge is 2.36. The van der Waals surface area contributed by atoms with Crippen molar-refractivity contribution in [2.24, 2.45) is 5.41 Å². The van der Waals surface area contributed by atoms with Crippen LogP contribution in [0.2, 0.25) is 0 Å². The van der Waals surface area contributed by atoms with Gasteiger partial charge in [-0.1, -0.05) is 6.42 Å². The lowest BCUT2D eigenvalue weighted by atomic mass is 9.87. The van der Waals surface area contributed by atoms with Crippen molar-refractivity contribution in [1.29, 1.82) is 0 Å². The summed E-state index contributed by atoms with van der Waals surface area (Å²) in [7, 11) is 0. The van der Waals surface area contributed by atoms with E-state index in [2.05, 4.69) is 4.90 Å². The van der Waals surface area contributed by atoms with Crippen molar-refractivity contribution in [3.8, 4) is 0 Å². The standard InChI is InChI=1S/C11H21NO2/c13-9-11(4-7-14-10-11)8-12-5-2-1-3-6-12/h13H,1-10H2. The van der Waals surface area contributed by atoms with E-state index in [-0.39, 0.29) is 12.0 Å². The van der Waals surface area contributed by atoms with E-state index in [1.54, 1.807) is 0 Å². The average Bonchev–Trinajstić information content (AvgIpc) is 2.69. The summed E-state index contributed by atoms with van der Waals surface area (Å²) in [5.74, 6) is 0. The molecule has 0 aliphatic carbocycles. The molecule has 0 radical (unpaired) electrons. The van der Waals surface area contributed by atoms with Crippen LogP contribution in [0.25, 0.3) is 0 Å². The van der Waals surface area contributed by atoms with Crippen LogP contribution in [0.5, 0.6) is 0 Å². The van der Waals surface area contributed by atoms with Gasteiger partial charge < -0.3 is 14.7 Å². The Labute approximate surface area is 86.0 Å². The first kappa shape index (κ1) is 10.4. The number of ether oxygens (including phenoxy) is 1. The van der Waals surface area contributed by atoms with E-state index < -0.39 is 0 Å². The molecule has 0 saturated carbocycles. The van der Waals surface area contributed by atoms with Gasteiger partial charge in [-0.3, -0.25) is 0 Å². The van der Waals surface area contributed by atoms with E-state index >= 15 is 0 Å². The number of hydrogen-bond donors (Lipinski definition) is 1. The Morgan fingerprint density at radius 1 is 1.21 bits per heavy atom. The summed E-state index contributed by atoms with van der Waals surface area (Å²) in [6.45, 7) is 5.31. The van der Waals surface area contributed by atoms with E-state index in [4.69, 9.17) is 4.74 Å². The minimum absolute atomic E-state index is 0.0529. The van der Waals surface area contributed by atoms with Crippen LogP contribution in [-0.2, 0) is 4.74 Å². The first-order valence-electron chi connectivity index (χ1n) is 5.76. The molecule has 3 heteroatoms. The number of likely N-dealkylation sites (tertiary alicyclic amines) is 1. The van der Waals surface area contributed by atoms with Crippen LogP contribution in [0.15, 0.2) is 0 Å². The Bertz CT molecular complexity index is 172. The zero-order valence-electron chi connectivity index (χ0n) is 8.87. The number of aliphatic hydroxyl groups is 1. The Kier molecular flexibility index (Phi) is 3.42. The van der Waals surface area contributed by atoms with Crippen molar-refractivity contribution >= 4 is 0 Å². The van der Waals surface area contributed by atoms with Crippen LogP contribution in [0.1, 0.15) is 25.7 Å². The molecule has 1 N–H and O–H groups in total. The van der Waals surface area contributed by atoms with Crippen LogP contribution in [0.3, 0.4) is 0 Å². The summed E-state index contributed by atoms with van der Waals surface area (Å²) in [6.07, 6.45) is 5.05. The molecule has 2 aliphatic heterocycles. The molecule has 0 amide bonds. The fourth-order valence-corrected chi connectivity index (χ4v) is 2.54. The van der Waals surface area contributed by atoms with Crippen molar-refractivity contribution < 1.29 is 9.84 Å². The summed E-state index contributed by atoms with van der Waals surface area (Å²) in [5, 5.41) is 9.44. The predicted molar refractivity (Wildman–Crippen MR) is 55.2 cm³/mol. The second-order valence-corrected chi connectivity index (χ2v) is 4.80. The Morgan fingerprint density at radius 2 is 2.00 bits per heavy atom. The third kappa shape index (κ3) is 2.27. The van der Waals surface area contributed by atoms with Crippen LogP contribution in [-0.4, -0.2) is 49.5 Å². The van der Waals surface area contributed by atoms with E-state index in [1.165, 1.54) is 32.4 Å². The molecule has 2 rings (SSSR count). The quantitative estimate of drug-likeness (QED) is 0.732. The molecule has 0 aromatic heterocycles. The number of nitrogens with zero attached hydrogens (tertiary/aromatic N) is 1. The first-order valence-corrected chi connectivity index (χ1v) is 5.76. The van der Waals surface area contributed by atoms with Gasteiger partial charge in [0, 0.05) is 18.6 Å². The molecule has 0 spiro atoms. The van der Waals surface area contributed by atoms with Crippen molar-refractivity contribution in [2.45, 2.75) is 25.7 Å². The Morgan fingerprint density at radius 3 is 2.57 bits per heavy atom. The molecule has 2 heterocycles. The molecular formula is C11H21NO2. The lowest BCUT2D eigenvalue weighted by molar-refractivity contribution is 0.0505. The van der Waals surface area contributed by atoms with Crippen molar-refractivity contribution in [1.82, 2.24) is 4.90 Å². The fraction of sp³-hybridized carbons (Fsp3) is 1.00. The van der Waals surface area contributed by atoms with Crippen LogP contribution >= 0.6 is 0 Å². The Hall–Kier alpha value is -0.120. The lowest BCUT2D eigenvalue weighted by Gasteiger charge is -2.34. The molecule has 0 bridgehead atoms. The third-order valence-electron chi connectivity index (χ3n) is 3.53. The van der Waals surface area contributed by atoms with Gasteiger partial charge in [0.15, 0.2) is 0 Å². The molecule has 2 aliphatic rings. The van der Waals surface area contributed by atoms with Gasteiger partial charge in [-0.05, 0) is 32.4 Å². The second-order valence-electron chi connectivity index (χ2n) is 4.80. The lowest BCUT2D eigenvalue weighted by Crippen LogP contribution is -2.42. The maximum Gasteiger partial charge on any atom is 0.0557 e. The minimum Gasteiger partial charge on any atom is -0.396 e. The van der Waals surface area contributed by atoms with E-state index in [0.717, 1.165) is 26.2 Å². The molecule has 82 valence electrons. The van der Waals surface area contributed by atoms with Gasteiger partial charge in [0.1, 0.15) is 0 Å². The highest BCUT2D eigenvalue weighted by Crippen LogP contribution is 2.29. The molecule has 3 nitrogen and oxygen atoms in total. The van der Waals surface area contributed by atoms with Crippen molar-refractivity contribution in [3.63, 3.8) is 0 Å². The van der Waals surface area contributed by atoms with Gasteiger partial charge in [0.25, 0.3) is 0 Å². The van der Waals surface area contributed by atoms with Gasteiger partial charge in [0.2, 0.25) is 0 Å². The molecular weight excluding hydrogens is 178 g/mol. The molecule has 2 saturated heterocycles. The topological polar surface area (TPSA) is 32.7 Å². The number of aliphatic hydroxyl groups excluding tert-OH is 1. The van der Waals surface area contributed by atoms with Gasteiger partial charge in [0.05, 0.1) is 13.2 Å². The number of rotatable bonds is 3. The smallest absolute Gasteiger partial charge is 0.0557 e. The minimum atomic E-state index is 0.0529. The molecule has 1 unspecified atom stereocenters. The first-order chi connectivity index (χ1) is 6.85. The maximum absolute atomic E-state index is 9.44. The van der Waals surface area contributed by atoms with Gasteiger partial charge in [-0.15, -0.1) is 0 Å². The molecule has 2 fully saturated rings. The highest BCUT2D eigenvalue weighted by atomic mass is 16.5. The molecule has 1 atom stereocenters. The largest absolute Gasteiger partial charge is 0.396 e. The fourth-order valence-electron chi connectivity index (χ4n) is 2.54. The molecule has 0 aromatic rings. The van der Waals surface area contributed by atoms with Crippen molar-refractivity contribution in [2.75, 3.05) is 39.5 Å². The van der Waals surface area contributed by atoms with Crippen LogP contribution < -0.4 is 0 Å². The van der Waals surface area contributed by atoms with Gasteiger partial charge >= 0.3 is 0 Å².